The van der Waals surface area contributed by atoms with Crippen molar-refractivity contribution >= 4 is 29.1 Å². The first-order valence-electron chi connectivity index (χ1n) is 11.1. The molecule has 0 aromatic heterocycles. The smallest absolute Gasteiger partial charge is 0.311 e. The van der Waals surface area contributed by atoms with E-state index in [1.807, 2.05) is 30.3 Å². The van der Waals surface area contributed by atoms with Gasteiger partial charge >= 0.3 is 5.69 Å². The molecule has 3 aromatic carbocycles. The number of halogens is 1. The number of amides is 2. The Kier molecular flexibility index (Phi) is 9.24. The molecule has 0 saturated heterocycles. The summed E-state index contributed by atoms with van der Waals surface area (Å²) < 4.78 is 10.7. The number of benzene rings is 3. The minimum atomic E-state index is -0.810. The van der Waals surface area contributed by atoms with E-state index in [2.05, 4.69) is 5.32 Å². The van der Waals surface area contributed by atoms with E-state index in [-0.39, 0.29) is 29.6 Å². The molecule has 1 atom stereocenters. The molecule has 2 amide bonds. The Labute approximate surface area is 213 Å². The van der Waals surface area contributed by atoms with Gasteiger partial charge in [0.2, 0.25) is 11.7 Å². The highest BCUT2D eigenvalue weighted by Crippen LogP contribution is 2.30. The number of rotatable bonds is 11. The average molecular weight is 512 g/mol. The largest absolute Gasteiger partial charge is 0.490 e. The maximum Gasteiger partial charge on any atom is 0.311 e. The van der Waals surface area contributed by atoms with Crippen molar-refractivity contribution in [2.45, 2.75) is 19.0 Å². The Balaban J connectivity index is 1.87. The second-order valence-electron chi connectivity index (χ2n) is 7.85. The van der Waals surface area contributed by atoms with Crippen molar-refractivity contribution in [3.05, 3.63) is 99.1 Å². The zero-order valence-corrected chi connectivity index (χ0v) is 20.6. The number of nitro groups is 1. The number of nitrogens with zero attached hydrogens (tertiary/aromatic N) is 2. The minimum Gasteiger partial charge on any atom is -0.490 e. The monoisotopic (exact) mass is 511 g/mol. The first-order chi connectivity index (χ1) is 17.3. The third-order valence-electron chi connectivity index (χ3n) is 5.49. The third-order valence-corrected chi connectivity index (χ3v) is 5.75. The lowest BCUT2D eigenvalue weighted by molar-refractivity contribution is -0.385. The van der Waals surface area contributed by atoms with Gasteiger partial charge in [0.15, 0.2) is 6.61 Å². The second kappa shape index (κ2) is 12.6. The van der Waals surface area contributed by atoms with Crippen molar-refractivity contribution in [3.63, 3.8) is 0 Å². The fourth-order valence-corrected chi connectivity index (χ4v) is 3.76. The molecule has 0 spiro atoms. The molecule has 0 aliphatic carbocycles. The van der Waals surface area contributed by atoms with Crippen LogP contribution in [-0.4, -0.2) is 48.4 Å². The lowest BCUT2D eigenvalue weighted by Gasteiger charge is -2.31. The minimum absolute atomic E-state index is 0.00952. The molecule has 3 rings (SSSR count). The molecule has 0 radical (unpaired) electrons. The molecule has 0 aliphatic heterocycles. The number of hydrogen-bond acceptors (Lipinski definition) is 6. The van der Waals surface area contributed by atoms with Crippen molar-refractivity contribution in [3.8, 4) is 11.5 Å². The van der Waals surface area contributed by atoms with Gasteiger partial charge in [-0.3, -0.25) is 19.7 Å². The average Bonchev–Trinajstić information content (AvgIpc) is 2.90. The van der Waals surface area contributed by atoms with Crippen molar-refractivity contribution in [2.24, 2.45) is 0 Å². The van der Waals surface area contributed by atoms with Crippen LogP contribution in [0.2, 0.25) is 5.02 Å². The SMILES string of the molecule is CNC(=O)C(Cc1ccccc1)N(Cc1ccc(Cl)cc1)C(=O)COc1ccc([N+](=O)[O-])c(OC)c1. The van der Waals surface area contributed by atoms with Gasteiger partial charge in [-0.15, -0.1) is 0 Å². The summed E-state index contributed by atoms with van der Waals surface area (Å²) in [6.07, 6.45) is 0.297. The van der Waals surface area contributed by atoms with Crippen LogP contribution in [0, 0.1) is 10.1 Å². The maximum atomic E-state index is 13.4. The van der Waals surface area contributed by atoms with Gasteiger partial charge in [-0.25, -0.2) is 0 Å². The van der Waals surface area contributed by atoms with Crippen LogP contribution in [0.5, 0.6) is 11.5 Å². The maximum absolute atomic E-state index is 13.4. The first-order valence-corrected chi connectivity index (χ1v) is 11.4. The van der Waals surface area contributed by atoms with Crippen LogP contribution in [0.3, 0.4) is 0 Å². The molecule has 0 aliphatic rings. The number of carbonyl (C=O) groups is 2. The van der Waals surface area contributed by atoms with Crippen LogP contribution in [0.4, 0.5) is 5.69 Å². The summed E-state index contributed by atoms with van der Waals surface area (Å²) >= 11 is 6.01. The van der Waals surface area contributed by atoms with Gasteiger partial charge in [0.1, 0.15) is 11.8 Å². The summed E-state index contributed by atoms with van der Waals surface area (Å²) in [5.41, 5.74) is 1.45. The topological polar surface area (TPSA) is 111 Å². The molecule has 3 aromatic rings. The first kappa shape index (κ1) is 26.5. The quantitative estimate of drug-likeness (QED) is 0.307. The predicted molar refractivity (Wildman–Crippen MR) is 135 cm³/mol. The normalized spacial score (nSPS) is 11.3. The Morgan fingerprint density at radius 1 is 1.06 bits per heavy atom. The number of methoxy groups -OCH3 is 1. The molecule has 0 fully saturated rings. The molecule has 188 valence electrons. The van der Waals surface area contributed by atoms with Crippen molar-refractivity contribution in [1.82, 2.24) is 10.2 Å². The van der Waals surface area contributed by atoms with E-state index in [1.54, 1.807) is 24.3 Å². The lowest BCUT2D eigenvalue weighted by Crippen LogP contribution is -2.51. The third kappa shape index (κ3) is 6.96. The van der Waals surface area contributed by atoms with E-state index in [0.29, 0.717) is 11.4 Å². The van der Waals surface area contributed by atoms with Crippen LogP contribution in [0.15, 0.2) is 72.8 Å². The highest BCUT2D eigenvalue weighted by molar-refractivity contribution is 6.30. The van der Waals surface area contributed by atoms with E-state index < -0.39 is 23.5 Å². The van der Waals surface area contributed by atoms with Gasteiger partial charge in [0.05, 0.1) is 12.0 Å². The summed E-state index contributed by atoms with van der Waals surface area (Å²) in [6, 6.07) is 19.6. The molecule has 36 heavy (non-hydrogen) atoms. The van der Waals surface area contributed by atoms with Crippen molar-refractivity contribution in [2.75, 3.05) is 20.8 Å². The van der Waals surface area contributed by atoms with Crippen molar-refractivity contribution < 1.29 is 24.0 Å². The number of ether oxygens (including phenoxy) is 2. The van der Waals surface area contributed by atoms with Crippen LogP contribution in [0.1, 0.15) is 11.1 Å². The highest BCUT2D eigenvalue weighted by Gasteiger charge is 2.30. The zero-order valence-electron chi connectivity index (χ0n) is 19.8. The molecule has 10 heteroatoms. The molecule has 0 heterocycles. The fourth-order valence-electron chi connectivity index (χ4n) is 3.63. The summed E-state index contributed by atoms with van der Waals surface area (Å²) in [7, 11) is 2.83. The van der Waals surface area contributed by atoms with Gasteiger partial charge in [0.25, 0.3) is 5.91 Å². The Bertz CT molecular complexity index is 1200. The number of likely N-dealkylation sites (N-methyl/N-ethyl adjacent to an activating group) is 1. The zero-order chi connectivity index (χ0) is 26.1. The number of nitrogens with one attached hydrogen (secondary N) is 1. The number of carbonyl (C=O) groups excluding carboxylic acids is 2. The van der Waals surface area contributed by atoms with E-state index in [4.69, 9.17) is 21.1 Å². The fraction of sp³-hybridized carbons (Fsp3) is 0.231. The molecule has 1 unspecified atom stereocenters. The molecular formula is C26H26ClN3O6. The molecule has 9 nitrogen and oxygen atoms in total. The van der Waals surface area contributed by atoms with Crippen molar-refractivity contribution in [1.29, 1.82) is 0 Å². The lowest BCUT2D eigenvalue weighted by atomic mass is 10.0. The van der Waals surface area contributed by atoms with E-state index in [9.17, 15) is 19.7 Å². The summed E-state index contributed by atoms with van der Waals surface area (Å²) in [5.74, 6) is -0.531. The highest BCUT2D eigenvalue weighted by atomic mass is 35.5. The van der Waals surface area contributed by atoms with Gasteiger partial charge in [-0.05, 0) is 29.3 Å². The predicted octanol–water partition coefficient (Wildman–Crippen LogP) is 4.02. The van der Waals surface area contributed by atoms with Gasteiger partial charge in [-0.1, -0.05) is 54.1 Å². The van der Waals surface area contributed by atoms with Crippen LogP contribution >= 0.6 is 11.6 Å². The second-order valence-corrected chi connectivity index (χ2v) is 8.28. The van der Waals surface area contributed by atoms with Crippen LogP contribution in [0.25, 0.3) is 0 Å². The molecule has 1 N–H and O–H groups in total. The Hall–Kier alpha value is -4.11. The van der Waals surface area contributed by atoms with Gasteiger partial charge in [-0.2, -0.15) is 0 Å². The van der Waals surface area contributed by atoms with Gasteiger partial charge in [0, 0.05) is 37.2 Å². The van der Waals surface area contributed by atoms with E-state index >= 15 is 0 Å². The van der Waals surface area contributed by atoms with Gasteiger partial charge < -0.3 is 19.7 Å². The summed E-state index contributed by atoms with van der Waals surface area (Å²) in [4.78, 5) is 38.4. The van der Waals surface area contributed by atoms with E-state index in [0.717, 1.165) is 11.1 Å². The molecule has 0 saturated carbocycles. The molecule has 0 bridgehead atoms. The Morgan fingerprint density at radius 3 is 2.36 bits per heavy atom. The Morgan fingerprint density at radius 2 is 1.75 bits per heavy atom. The number of hydrogen-bond donors (Lipinski definition) is 1. The standard InChI is InChI=1S/C26H26ClN3O6/c1-28-26(32)23(14-18-6-4-3-5-7-18)29(16-19-8-10-20(27)11-9-19)25(31)17-36-21-12-13-22(30(33)34)24(15-21)35-2/h3-13,15,23H,14,16-17H2,1-2H3,(H,28,32). The van der Waals surface area contributed by atoms with Crippen LogP contribution in [-0.2, 0) is 22.6 Å². The summed E-state index contributed by atoms with van der Waals surface area (Å²) in [6.45, 7) is -0.245. The van der Waals surface area contributed by atoms with Crippen LogP contribution < -0.4 is 14.8 Å². The summed E-state index contributed by atoms with van der Waals surface area (Å²) in [5, 5.41) is 14.3. The van der Waals surface area contributed by atoms with E-state index in [1.165, 1.54) is 37.3 Å². The molecular weight excluding hydrogens is 486 g/mol. The number of nitro benzene ring substituents is 1.